The van der Waals surface area contributed by atoms with Crippen molar-refractivity contribution in [2.24, 2.45) is 0 Å². The first-order valence-corrected chi connectivity index (χ1v) is 8.86. The molecule has 0 saturated carbocycles. The van der Waals surface area contributed by atoms with Crippen molar-refractivity contribution >= 4 is 16.9 Å². The molecular weight excluding hydrogens is 293 g/mol. The second kappa shape index (κ2) is 5.64. The number of fused-ring (bicyclic) bond motifs is 2. The van der Waals surface area contributed by atoms with E-state index in [0.717, 1.165) is 38.8 Å². The molecule has 0 spiro atoms. The highest BCUT2D eigenvalue weighted by atomic mass is 32.1. The Balaban J connectivity index is 1.92. The van der Waals surface area contributed by atoms with E-state index in [1.807, 2.05) is 17.4 Å². The van der Waals surface area contributed by atoms with Crippen LogP contribution in [0, 0.1) is 5.82 Å². The Morgan fingerprint density at radius 3 is 2.64 bits per heavy atom. The van der Waals surface area contributed by atoms with E-state index in [0.29, 0.717) is 0 Å². The second-order valence-corrected chi connectivity index (χ2v) is 7.34. The fourth-order valence-corrected chi connectivity index (χ4v) is 4.57. The lowest BCUT2D eigenvalue weighted by molar-refractivity contribution is 0.313. The maximum absolute atomic E-state index is 13.7. The van der Waals surface area contributed by atoms with Crippen molar-refractivity contribution in [3.05, 3.63) is 62.6 Å². The van der Waals surface area contributed by atoms with Crippen LogP contribution in [0.15, 0.2) is 35.2 Å². The van der Waals surface area contributed by atoms with Crippen molar-refractivity contribution in [3.8, 4) is 0 Å². The number of halogens is 1. The number of thiophene rings is 1. The molecule has 0 bridgehead atoms. The summed E-state index contributed by atoms with van der Waals surface area (Å²) < 4.78 is 13.7. The summed E-state index contributed by atoms with van der Waals surface area (Å²) in [4.78, 5) is 3.85. The summed E-state index contributed by atoms with van der Waals surface area (Å²) in [5.41, 5.74) is 6.78. The van der Waals surface area contributed by atoms with E-state index in [1.165, 1.54) is 27.1 Å². The Labute approximate surface area is 135 Å². The summed E-state index contributed by atoms with van der Waals surface area (Å²) in [6.45, 7) is 2.24. The molecule has 1 aromatic heterocycles. The first kappa shape index (κ1) is 14.2. The van der Waals surface area contributed by atoms with Crippen LogP contribution in [0.2, 0.25) is 0 Å². The average molecular weight is 313 g/mol. The summed E-state index contributed by atoms with van der Waals surface area (Å²) in [5.74, 6) is -0.114. The number of aryl methyl sites for hydroxylation is 2. The van der Waals surface area contributed by atoms with E-state index < -0.39 is 0 Å². The molecule has 1 aliphatic heterocycles. The lowest BCUT2D eigenvalue weighted by Gasteiger charge is -2.27. The predicted octanol–water partition coefficient (Wildman–Crippen LogP) is 4.51. The molecule has 1 aliphatic carbocycles. The van der Waals surface area contributed by atoms with Crippen LogP contribution in [0.25, 0.3) is 5.57 Å². The fourth-order valence-electron chi connectivity index (χ4n) is 3.68. The molecule has 114 valence electrons. The van der Waals surface area contributed by atoms with E-state index in [9.17, 15) is 4.39 Å². The van der Waals surface area contributed by atoms with Crippen molar-refractivity contribution in [2.75, 3.05) is 20.1 Å². The van der Waals surface area contributed by atoms with E-state index in [2.05, 4.69) is 23.4 Å². The van der Waals surface area contributed by atoms with E-state index >= 15 is 0 Å². The Morgan fingerprint density at radius 1 is 1.00 bits per heavy atom. The van der Waals surface area contributed by atoms with Gasteiger partial charge in [0.15, 0.2) is 0 Å². The Bertz CT molecular complexity index is 734. The summed E-state index contributed by atoms with van der Waals surface area (Å²) in [5, 5.41) is 2.20. The molecule has 1 saturated heterocycles. The highest BCUT2D eigenvalue weighted by Gasteiger charge is 2.24. The van der Waals surface area contributed by atoms with Gasteiger partial charge in [0, 0.05) is 18.0 Å². The number of hydrogen-bond acceptors (Lipinski definition) is 2. The maximum atomic E-state index is 13.7. The van der Waals surface area contributed by atoms with Gasteiger partial charge in [-0.15, -0.1) is 11.3 Å². The van der Waals surface area contributed by atoms with Crippen LogP contribution in [0.3, 0.4) is 0 Å². The number of benzene rings is 1. The van der Waals surface area contributed by atoms with Gasteiger partial charge in [-0.1, -0.05) is 11.6 Å². The quantitative estimate of drug-likeness (QED) is 0.691. The number of rotatable bonds is 0. The van der Waals surface area contributed by atoms with Gasteiger partial charge in [0.05, 0.1) is 0 Å². The lowest BCUT2D eigenvalue weighted by atomic mass is 9.88. The Morgan fingerprint density at radius 2 is 1.82 bits per heavy atom. The number of hydrogen-bond donors (Lipinski definition) is 0. The first-order chi connectivity index (χ1) is 10.7. The number of piperidine rings is 1. The third-order valence-corrected chi connectivity index (χ3v) is 5.90. The molecule has 1 aromatic carbocycles. The van der Waals surface area contributed by atoms with Crippen LogP contribution in [-0.2, 0) is 12.8 Å². The minimum atomic E-state index is -0.114. The molecule has 0 unspecified atom stereocenters. The van der Waals surface area contributed by atoms with Gasteiger partial charge in [0.2, 0.25) is 0 Å². The zero-order valence-electron chi connectivity index (χ0n) is 12.9. The van der Waals surface area contributed by atoms with E-state index in [1.54, 1.807) is 17.7 Å². The summed E-state index contributed by atoms with van der Waals surface area (Å²) in [6.07, 6.45) is 4.22. The smallest absolute Gasteiger partial charge is 0.123 e. The zero-order valence-corrected chi connectivity index (χ0v) is 13.7. The van der Waals surface area contributed by atoms with Crippen molar-refractivity contribution in [2.45, 2.75) is 25.7 Å². The van der Waals surface area contributed by atoms with Gasteiger partial charge in [-0.3, -0.25) is 0 Å². The van der Waals surface area contributed by atoms with Crippen LogP contribution in [0.1, 0.15) is 34.4 Å². The molecule has 2 aliphatic rings. The van der Waals surface area contributed by atoms with Gasteiger partial charge in [0.1, 0.15) is 5.82 Å². The molecule has 0 radical (unpaired) electrons. The first-order valence-electron chi connectivity index (χ1n) is 7.98. The highest BCUT2D eigenvalue weighted by molar-refractivity contribution is 7.10. The fraction of sp³-hybridized carbons (Fsp3) is 0.368. The molecule has 1 nitrogen and oxygen atoms in total. The molecule has 2 heterocycles. The van der Waals surface area contributed by atoms with Crippen molar-refractivity contribution in [1.82, 2.24) is 4.90 Å². The molecular formula is C19H20FNS. The Hall–Kier alpha value is -1.45. The topological polar surface area (TPSA) is 3.24 Å². The van der Waals surface area contributed by atoms with Gasteiger partial charge in [-0.05, 0) is 78.6 Å². The predicted molar refractivity (Wildman–Crippen MR) is 90.9 cm³/mol. The average Bonchev–Trinajstić information content (AvgIpc) is 2.92. The SMILES string of the molecule is CN1CCC(=C2c3ccc(F)cc3CCc3sccc32)CC1. The van der Waals surface area contributed by atoms with Crippen molar-refractivity contribution in [3.63, 3.8) is 0 Å². The van der Waals surface area contributed by atoms with Gasteiger partial charge in [-0.25, -0.2) is 4.39 Å². The maximum Gasteiger partial charge on any atom is 0.123 e. The standard InChI is InChI=1S/C19H20FNS/c1-21-9-6-13(7-10-21)19-16-4-3-15(20)12-14(16)2-5-18-17(19)8-11-22-18/h3-4,8,11-12H,2,5-7,9-10H2,1H3. The second-order valence-electron chi connectivity index (χ2n) is 6.34. The summed E-state index contributed by atoms with van der Waals surface area (Å²) in [7, 11) is 2.19. The highest BCUT2D eigenvalue weighted by Crippen LogP contribution is 2.40. The Kier molecular flexibility index (Phi) is 3.63. The number of nitrogens with zero attached hydrogens (tertiary/aromatic N) is 1. The minimum absolute atomic E-state index is 0.114. The normalized spacial score (nSPS) is 18.8. The van der Waals surface area contributed by atoms with Crippen LogP contribution in [-0.4, -0.2) is 25.0 Å². The molecule has 1 fully saturated rings. The van der Waals surface area contributed by atoms with Gasteiger partial charge in [0.25, 0.3) is 0 Å². The van der Waals surface area contributed by atoms with Crippen molar-refractivity contribution in [1.29, 1.82) is 0 Å². The van der Waals surface area contributed by atoms with Crippen LogP contribution < -0.4 is 0 Å². The van der Waals surface area contributed by atoms with Gasteiger partial charge < -0.3 is 4.90 Å². The van der Waals surface area contributed by atoms with Crippen LogP contribution in [0.5, 0.6) is 0 Å². The monoisotopic (exact) mass is 313 g/mol. The lowest BCUT2D eigenvalue weighted by Crippen LogP contribution is -2.27. The van der Waals surface area contributed by atoms with Crippen LogP contribution >= 0.6 is 11.3 Å². The molecule has 0 amide bonds. The van der Waals surface area contributed by atoms with Crippen molar-refractivity contribution < 1.29 is 4.39 Å². The third kappa shape index (κ3) is 2.42. The molecule has 22 heavy (non-hydrogen) atoms. The molecule has 3 heteroatoms. The van der Waals surface area contributed by atoms with Gasteiger partial charge in [-0.2, -0.15) is 0 Å². The third-order valence-electron chi connectivity index (χ3n) is 4.92. The summed E-state index contributed by atoms with van der Waals surface area (Å²) in [6, 6.07) is 7.62. The molecule has 0 N–H and O–H groups in total. The number of likely N-dealkylation sites (tertiary alicyclic amines) is 1. The summed E-state index contributed by atoms with van der Waals surface area (Å²) >= 11 is 1.84. The molecule has 4 rings (SSSR count). The minimum Gasteiger partial charge on any atom is -0.306 e. The van der Waals surface area contributed by atoms with Crippen LogP contribution in [0.4, 0.5) is 4.39 Å². The zero-order chi connectivity index (χ0) is 15.1. The van der Waals surface area contributed by atoms with E-state index in [-0.39, 0.29) is 5.82 Å². The molecule has 0 atom stereocenters. The van der Waals surface area contributed by atoms with Gasteiger partial charge >= 0.3 is 0 Å². The largest absolute Gasteiger partial charge is 0.306 e. The van der Waals surface area contributed by atoms with E-state index in [4.69, 9.17) is 0 Å². The molecule has 2 aromatic rings.